The van der Waals surface area contributed by atoms with Crippen LogP contribution in [0.15, 0.2) is 6.20 Å². The Balaban J connectivity index is 2.69. The highest BCUT2D eigenvalue weighted by molar-refractivity contribution is 5.15. The zero-order valence-electron chi connectivity index (χ0n) is 8.28. The van der Waals surface area contributed by atoms with E-state index in [1.807, 2.05) is 36.8 Å². The normalized spacial score (nSPS) is 10.4. The van der Waals surface area contributed by atoms with E-state index < -0.39 is 0 Å². The average molecular weight is 178 g/mol. The molecule has 0 aliphatic carbocycles. The molecule has 70 valence electrons. The lowest BCUT2D eigenvalue weighted by Crippen LogP contribution is -2.20. The van der Waals surface area contributed by atoms with Crippen molar-refractivity contribution in [1.29, 1.82) is 5.26 Å². The quantitative estimate of drug-likeness (QED) is 0.639. The van der Waals surface area contributed by atoms with Gasteiger partial charge in [-0.3, -0.25) is 9.58 Å². The van der Waals surface area contributed by atoms with Crippen LogP contribution in [-0.4, -0.2) is 28.3 Å². The van der Waals surface area contributed by atoms with Gasteiger partial charge in [-0.2, -0.15) is 10.4 Å². The van der Waals surface area contributed by atoms with Crippen molar-refractivity contribution in [3.05, 3.63) is 17.5 Å². The van der Waals surface area contributed by atoms with Crippen LogP contribution in [0.4, 0.5) is 0 Å². The first-order chi connectivity index (χ1) is 6.15. The Morgan fingerprint density at radius 3 is 2.85 bits per heavy atom. The minimum absolute atomic E-state index is 0.449. The number of nitrogens with zero attached hydrogens (tertiary/aromatic N) is 4. The fourth-order valence-electron chi connectivity index (χ4n) is 1.23. The monoisotopic (exact) mass is 178 g/mol. The molecule has 0 spiro atoms. The van der Waals surface area contributed by atoms with Gasteiger partial charge in [-0.25, -0.2) is 0 Å². The van der Waals surface area contributed by atoms with Gasteiger partial charge in [0.15, 0.2) is 0 Å². The summed E-state index contributed by atoms with van der Waals surface area (Å²) in [6.45, 7) is 3.25. The summed E-state index contributed by atoms with van der Waals surface area (Å²) in [5.41, 5.74) is 2.34. The first kappa shape index (κ1) is 9.75. The molecule has 0 saturated carbocycles. The second kappa shape index (κ2) is 4.06. The molecule has 0 amide bonds. The number of aryl methyl sites for hydroxylation is 2. The third-order valence-corrected chi connectivity index (χ3v) is 2.03. The standard InChI is InChI=1S/C9H14N4/c1-8-6-11-13(3)9(8)7-12(2)5-4-10/h6H,5,7H2,1-3H3. The SMILES string of the molecule is Cc1cnn(C)c1CN(C)CC#N. The van der Waals surface area contributed by atoms with Gasteiger partial charge in [0.1, 0.15) is 0 Å². The van der Waals surface area contributed by atoms with E-state index in [0.29, 0.717) is 6.54 Å². The van der Waals surface area contributed by atoms with Gasteiger partial charge < -0.3 is 0 Å². The van der Waals surface area contributed by atoms with Crippen LogP contribution in [0.5, 0.6) is 0 Å². The molecule has 0 bridgehead atoms. The van der Waals surface area contributed by atoms with Crippen LogP contribution in [0.2, 0.25) is 0 Å². The third-order valence-electron chi connectivity index (χ3n) is 2.03. The molecule has 1 rings (SSSR count). The second-order valence-corrected chi connectivity index (χ2v) is 3.23. The summed E-state index contributed by atoms with van der Waals surface area (Å²) in [5.74, 6) is 0. The molecular formula is C9H14N4. The largest absolute Gasteiger partial charge is 0.288 e. The van der Waals surface area contributed by atoms with Gasteiger partial charge in [-0.15, -0.1) is 0 Å². The Morgan fingerprint density at radius 2 is 2.38 bits per heavy atom. The van der Waals surface area contributed by atoms with Crippen LogP contribution in [0.3, 0.4) is 0 Å². The minimum atomic E-state index is 0.449. The lowest BCUT2D eigenvalue weighted by Gasteiger charge is -2.12. The van der Waals surface area contributed by atoms with Crippen molar-refractivity contribution in [3.8, 4) is 6.07 Å². The Morgan fingerprint density at radius 1 is 1.69 bits per heavy atom. The number of hydrogen-bond donors (Lipinski definition) is 0. The summed E-state index contributed by atoms with van der Waals surface area (Å²) in [6.07, 6.45) is 1.84. The fourth-order valence-corrected chi connectivity index (χ4v) is 1.23. The predicted octanol–water partition coefficient (Wildman–Crippen LogP) is 0.684. The maximum atomic E-state index is 8.49. The van der Waals surface area contributed by atoms with Crippen molar-refractivity contribution in [2.45, 2.75) is 13.5 Å². The summed E-state index contributed by atoms with van der Waals surface area (Å²) in [4.78, 5) is 1.96. The van der Waals surface area contributed by atoms with Crippen molar-refractivity contribution >= 4 is 0 Å². The molecule has 0 unspecified atom stereocenters. The molecule has 0 atom stereocenters. The predicted molar refractivity (Wildman–Crippen MR) is 49.9 cm³/mol. The van der Waals surface area contributed by atoms with Crippen molar-refractivity contribution in [2.24, 2.45) is 7.05 Å². The maximum Gasteiger partial charge on any atom is 0.0866 e. The van der Waals surface area contributed by atoms with Crippen LogP contribution in [-0.2, 0) is 13.6 Å². The van der Waals surface area contributed by atoms with Crippen LogP contribution in [0.1, 0.15) is 11.3 Å². The van der Waals surface area contributed by atoms with E-state index in [9.17, 15) is 0 Å². The Hall–Kier alpha value is -1.34. The number of nitriles is 1. The van der Waals surface area contributed by atoms with Crippen molar-refractivity contribution in [2.75, 3.05) is 13.6 Å². The number of rotatable bonds is 3. The first-order valence-corrected chi connectivity index (χ1v) is 4.18. The van der Waals surface area contributed by atoms with Gasteiger partial charge in [0.25, 0.3) is 0 Å². The summed E-state index contributed by atoms with van der Waals surface area (Å²) in [5, 5.41) is 12.6. The van der Waals surface area contributed by atoms with Crippen molar-refractivity contribution in [3.63, 3.8) is 0 Å². The van der Waals surface area contributed by atoms with Gasteiger partial charge in [0.05, 0.1) is 24.5 Å². The summed E-state index contributed by atoms with van der Waals surface area (Å²) in [6, 6.07) is 2.12. The molecule has 13 heavy (non-hydrogen) atoms. The van der Waals surface area contributed by atoms with Crippen LogP contribution >= 0.6 is 0 Å². The smallest absolute Gasteiger partial charge is 0.0866 e. The van der Waals surface area contributed by atoms with Crippen LogP contribution < -0.4 is 0 Å². The molecule has 0 fully saturated rings. The summed E-state index contributed by atoms with van der Waals surface area (Å²) < 4.78 is 1.85. The maximum absolute atomic E-state index is 8.49. The molecule has 1 heterocycles. The van der Waals surface area contributed by atoms with Gasteiger partial charge in [-0.1, -0.05) is 0 Å². The summed E-state index contributed by atoms with van der Waals surface area (Å²) in [7, 11) is 3.85. The van der Waals surface area contributed by atoms with Gasteiger partial charge in [-0.05, 0) is 19.5 Å². The minimum Gasteiger partial charge on any atom is -0.288 e. The highest BCUT2D eigenvalue weighted by atomic mass is 15.3. The molecule has 0 aliphatic heterocycles. The molecular weight excluding hydrogens is 164 g/mol. The van der Waals surface area contributed by atoms with Gasteiger partial charge in [0, 0.05) is 13.6 Å². The molecule has 4 heteroatoms. The van der Waals surface area contributed by atoms with Crippen molar-refractivity contribution < 1.29 is 0 Å². The van der Waals surface area contributed by atoms with E-state index in [1.54, 1.807) is 0 Å². The molecule has 0 saturated heterocycles. The van der Waals surface area contributed by atoms with E-state index in [4.69, 9.17) is 5.26 Å². The highest BCUT2D eigenvalue weighted by Crippen LogP contribution is 2.07. The lowest BCUT2D eigenvalue weighted by molar-refractivity contribution is 0.354. The molecule has 0 aliphatic rings. The lowest BCUT2D eigenvalue weighted by atomic mass is 10.2. The van der Waals surface area contributed by atoms with Crippen LogP contribution in [0, 0.1) is 18.3 Å². The average Bonchev–Trinajstić information content (AvgIpc) is 2.36. The van der Waals surface area contributed by atoms with Gasteiger partial charge >= 0.3 is 0 Å². The van der Waals surface area contributed by atoms with E-state index >= 15 is 0 Å². The van der Waals surface area contributed by atoms with Gasteiger partial charge in [0.2, 0.25) is 0 Å². The Kier molecular flexibility index (Phi) is 3.04. The Labute approximate surface area is 78.4 Å². The first-order valence-electron chi connectivity index (χ1n) is 4.18. The van der Waals surface area contributed by atoms with E-state index in [2.05, 4.69) is 11.2 Å². The zero-order chi connectivity index (χ0) is 9.84. The van der Waals surface area contributed by atoms with E-state index in [0.717, 1.165) is 12.2 Å². The highest BCUT2D eigenvalue weighted by Gasteiger charge is 2.06. The molecule has 0 radical (unpaired) electrons. The fraction of sp³-hybridized carbons (Fsp3) is 0.556. The van der Waals surface area contributed by atoms with Crippen LogP contribution in [0.25, 0.3) is 0 Å². The topological polar surface area (TPSA) is 44.9 Å². The Bertz CT molecular complexity index is 301. The van der Waals surface area contributed by atoms with E-state index in [-0.39, 0.29) is 0 Å². The number of aromatic nitrogens is 2. The summed E-state index contributed by atoms with van der Waals surface area (Å²) >= 11 is 0. The number of hydrogen-bond acceptors (Lipinski definition) is 3. The zero-order valence-corrected chi connectivity index (χ0v) is 8.28. The molecule has 0 N–H and O–H groups in total. The molecule has 0 aromatic carbocycles. The second-order valence-electron chi connectivity index (χ2n) is 3.23. The molecule has 1 aromatic heterocycles. The molecule has 1 aromatic rings. The third kappa shape index (κ3) is 2.30. The van der Waals surface area contributed by atoms with Crippen molar-refractivity contribution in [1.82, 2.24) is 14.7 Å². The molecule has 4 nitrogen and oxygen atoms in total. The van der Waals surface area contributed by atoms with E-state index in [1.165, 1.54) is 5.56 Å².